The summed E-state index contributed by atoms with van der Waals surface area (Å²) in [6.45, 7) is 2.88. The maximum absolute atomic E-state index is 12.8. The number of methoxy groups -OCH3 is 2. The molecule has 0 radical (unpaired) electrons. The van der Waals surface area contributed by atoms with Gasteiger partial charge in [-0.25, -0.2) is 4.98 Å². The number of carbonyl (C=O) groups excluding carboxylic acids is 2. The maximum atomic E-state index is 12.8. The van der Waals surface area contributed by atoms with Gasteiger partial charge in [0.1, 0.15) is 0 Å². The van der Waals surface area contributed by atoms with Gasteiger partial charge >= 0.3 is 0 Å². The van der Waals surface area contributed by atoms with Crippen LogP contribution in [0.1, 0.15) is 34.3 Å². The zero-order chi connectivity index (χ0) is 21.8. The second kappa shape index (κ2) is 9.60. The monoisotopic (exact) mass is 441 g/mol. The standard InChI is InChI=1S/C23H27N3O4S/c1-29-19-11-16-7-10-26(14-18(16)12-20(19)30-2)22(27)15-31-21-6-5-17(13-24-21)23(28)25-8-3-4-9-25/h5-6,11-13H,3-4,7-10,14-15H2,1-2H3. The molecule has 8 heteroatoms. The summed E-state index contributed by atoms with van der Waals surface area (Å²) in [6.07, 6.45) is 4.54. The molecule has 2 aromatic rings. The zero-order valence-electron chi connectivity index (χ0n) is 17.9. The predicted octanol–water partition coefficient (Wildman–Crippen LogP) is 3.01. The molecule has 3 heterocycles. The second-order valence-corrected chi connectivity index (χ2v) is 8.71. The fourth-order valence-electron chi connectivity index (χ4n) is 4.02. The minimum atomic E-state index is 0.0386. The Kier molecular flexibility index (Phi) is 6.65. The van der Waals surface area contributed by atoms with Crippen LogP contribution in [-0.2, 0) is 17.8 Å². The quantitative estimate of drug-likeness (QED) is 0.642. The molecule has 2 aliphatic rings. The minimum absolute atomic E-state index is 0.0386. The number of benzene rings is 1. The Morgan fingerprint density at radius 1 is 1.00 bits per heavy atom. The first-order valence-corrected chi connectivity index (χ1v) is 11.5. The van der Waals surface area contributed by atoms with Gasteiger partial charge in [0.15, 0.2) is 11.5 Å². The summed E-state index contributed by atoms with van der Waals surface area (Å²) in [7, 11) is 3.24. The normalized spacial score (nSPS) is 15.5. The van der Waals surface area contributed by atoms with Crippen LogP contribution in [0.5, 0.6) is 11.5 Å². The molecule has 31 heavy (non-hydrogen) atoms. The average Bonchev–Trinajstić information content (AvgIpc) is 3.36. The molecule has 0 unspecified atom stereocenters. The summed E-state index contributed by atoms with van der Waals surface area (Å²) < 4.78 is 10.8. The van der Waals surface area contributed by atoms with Crippen LogP contribution in [0.25, 0.3) is 0 Å². The van der Waals surface area contributed by atoms with Gasteiger partial charge in [-0.3, -0.25) is 9.59 Å². The van der Waals surface area contributed by atoms with E-state index in [-0.39, 0.29) is 11.8 Å². The number of ether oxygens (including phenoxy) is 2. The smallest absolute Gasteiger partial charge is 0.255 e. The van der Waals surface area contributed by atoms with E-state index in [0.29, 0.717) is 35.9 Å². The summed E-state index contributed by atoms with van der Waals surface area (Å²) in [5, 5.41) is 0.745. The number of likely N-dealkylation sites (tertiary alicyclic amines) is 1. The summed E-state index contributed by atoms with van der Waals surface area (Å²) in [4.78, 5) is 33.3. The first-order valence-electron chi connectivity index (χ1n) is 10.5. The van der Waals surface area contributed by atoms with Crippen LogP contribution in [-0.4, -0.2) is 66.2 Å². The van der Waals surface area contributed by atoms with Crippen molar-refractivity contribution in [3.63, 3.8) is 0 Å². The number of aromatic nitrogens is 1. The van der Waals surface area contributed by atoms with E-state index in [0.717, 1.165) is 42.9 Å². The molecule has 1 saturated heterocycles. The van der Waals surface area contributed by atoms with E-state index < -0.39 is 0 Å². The number of amides is 2. The Morgan fingerprint density at radius 2 is 1.71 bits per heavy atom. The van der Waals surface area contributed by atoms with Crippen LogP contribution < -0.4 is 9.47 Å². The van der Waals surface area contributed by atoms with E-state index in [9.17, 15) is 9.59 Å². The summed E-state index contributed by atoms with van der Waals surface area (Å²) in [5.41, 5.74) is 2.88. The highest BCUT2D eigenvalue weighted by Crippen LogP contribution is 2.33. The van der Waals surface area contributed by atoms with E-state index in [1.807, 2.05) is 28.0 Å². The molecular weight excluding hydrogens is 414 g/mol. The number of rotatable bonds is 6. The number of thioether (sulfide) groups is 1. The number of hydrogen-bond donors (Lipinski definition) is 0. The van der Waals surface area contributed by atoms with E-state index in [1.54, 1.807) is 26.5 Å². The van der Waals surface area contributed by atoms with Crippen molar-refractivity contribution < 1.29 is 19.1 Å². The molecular formula is C23H27N3O4S. The molecule has 7 nitrogen and oxygen atoms in total. The van der Waals surface area contributed by atoms with Crippen LogP contribution >= 0.6 is 11.8 Å². The van der Waals surface area contributed by atoms with Crippen LogP contribution in [0.4, 0.5) is 0 Å². The van der Waals surface area contributed by atoms with E-state index in [1.165, 1.54) is 17.3 Å². The first kappa shape index (κ1) is 21.5. The highest BCUT2D eigenvalue weighted by atomic mass is 32.2. The van der Waals surface area contributed by atoms with Crippen molar-refractivity contribution in [2.45, 2.75) is 30.8 Å². The van der Waals surface area contributed by atoms with Crippen molar-refractivity contribution in [2.24, 2.45) is 0 Å². The molecule has 1 aromatic heterocycles. The van der Waals surface area contributed by atoms with Gasteiger partial charge in [0.05, 0.1) is 30.6 Å². The number of fused-ring (bicyclic) bond motifs is 1. The van der Waals surface area contributed by atoms with E-state index in [2.05, 4.69) is 4.98 Å². The lowest BCUT2D eigenvalue weighted by Gasteiger charge is -2.29. The summed E-state index contributed by atoms with van der Waals surface area (Å²) >= 11 is 1.40. The Labute approximate surface area is 186 Å². The van der Waals surface area contributed by atoms with Crippen LogP contribution in [0.3, 0.4) is 0 Å². The molecule has 4 rings (SSSR count). The Morgan fingerprint density at radius 3 is 2.35 bits per heavy atom. The fourth-order valence-corrected chi connectivity index (χ4v) is 4.76. The largest absolute Gasteiger partial charge is 0.493 e. The summed E-state index contributed by atoms with van der Waals surface area (Å²) in [6, 6.07) is 7.58. The molecule has 0 atom stereocenters. The van der Waals surface area contributed by atoms with Gasteiger partial charge in [-0.1, -0.05) is 11.8 Å². The Bertz CT molecular complexity index is 958. The third-order valence-corrected chi connectivity index (χ3v) is 6.72. The molecule has 164 valence electrons. The van der Waals surface area contributed by atoms with Crippen molar-refractivity contribution in [1.82, 2.24) is 14.8 Å². The van der Waals surface area contributed by atoms with Gasteiger partial charge < -0.3 is 19.3 Å². The van der Waals surface area contributed by atoms with Gasteiger partial charge in [-0.05, 0) is 54.7 Å². The molecule has 0 spiro atoms. The van der Waals surface area contributed by atoms with Crippen molar-refractivity contribution in [3.8, 4) is 11.5 Å². The average molecular weight is 442 g/mol. The van der Waals surface area contributed by atoms with Crippen LogP contribution in [0, 0.1) is 0 Å². The lowest BCUT2D eigenvalue weighted by Crippen LogP contribution is -2.37. The fraction of sp³-hybridized carbons (Fsp3) is 0.435. The van der Waals surface area contributed by atoms with Crippen molar-refractivity contribution in [1.29, 1.82) is 0 Å². The molecule has 2 amide bonds. The van der Waals surface area contributed by atoms with E-state index in [4.69, 9.17) is 9.47 Å². The van der Waals surface area contributed by atoms with Gasteiger partial charge in [0.25, 0.3) is 5.91 Å². The lowest BCUT2D eigenvalue weighted by molar-refractivity contribution is -0.129. The van der Waals surface area contributed by atoms with Gasteiger partial charge in [-0.2, -0.15) is 0 Å². The molecule has 1 fully saturated rings. The number of nitrogens with zero attached hydrogens (tertiary/aromatic N) is 3. The number of carbonyl (C=O) groups is 2. The summed E-state index contributed by atoms with van der Waals surface area (Å²) in [5.74, 6) is 1.82. The van der Waals surface area contributed by atoms with Crippen LogP contribution in [0.15, 0.2) is 35.5 Å². The van der Waals surface area contributed by atoms with Crippen molar-refractivity contribution >= 4 is 23.6 Å². The Balaban J connectivity index is 1.33. The third-order valence-electron chi connectivity index (χ3n) is 5.79. The highest BCUT2D eigenvalue weighted by Gasteiger charge is 2.23. The Hall–Kier alpha value is -2.74. The molecule has 2 aliphatic heterocycles. The third kappa shape index (κ3) is 4.79. The molecule has 1 aromatic carbocycles. The topological polar surface area (TPSA) is 72.0 Å². The molecule has 0 saturated carbocycles. The van der Waals surface area contributed by atoms with Gasteiger partial charge in [0, 0.05) is 32.4 Å². The van der Waals surface area contributed by atoms with Crippen molar-refractivity contribution in [2.75, 3.05) is 39.6 Å². The molecule has 0 aliphatic carbocycles. The van der Waals surface area contributed by atoms with Crippen LogP contribution in [0.2, 0.25) is 0 Å². The second-order valence-electron chi connectivity index (χ2n) is 7.71. The molecule has 0 bridgehead atoms. The van der Waals surface area contributed by atoms with Gasteiger partial charge in [0.2, 0.25) is 5.91 Å². The lowest BCUT2D eigenvalue weighted by atomic mass is 9.99. The van der Waals surface area contributed by atoms with Gasteiger partial charge in [-0.15, -0.1) is 0 Å². The number of hydrogen-bond acceptors (Lipinski definition) is 6. The zero-order valence-corrected chi connectivity index (χ0v) is 18.7. The minimum Gasteiger partial charge on any atom is -0.493 e. The highest BCUT2D eigenvalue weighted by molar-refractivity contribution is 7.99. The predicted molar refractivity (Wildman–Crippen MR) is 119 cm³/mol. The first-order chi connectivity index (χ1) is 15.1. The van der Waals surface area contributed by atoms with Crippen molar-refractivity contribution in [3.05, 3.63) is 47.2 Å². The number of pyridine rings is 1. The van der Waals surface area contributed by atoms with E-state index >= 15 is 0 Å². The maximum Gasteiger partial charge on any atom is 0.255 e. The SMILES string of the molecule is COc1cc2c(cc1OC)CN(C(=O)CSc1ccc(C(=O)N3CCCC3)cn1)CC2. The molecule has 0 N–H and O–H groups in total.